The standard InChI is InChI=1S/C46H29N5/c47-30-32-16-20-37(21-17-32)49(34-10-4-1-5-11-34)41-26-28-43-45-39(41)24-25-40-42(27-29-44(46(40)45)51(43)36-14-8-3-9-15-36)50(35-12-6-2-7-13-35)38-22-18-33(31-48)19-23-38/h1-29H. The molecule has 0 aliphatic heterocycles. The highest BCUT2D eigenvalue weighted by Gasteiger charge is 2.25. The first-order valence-corrected chi connectivity index (χ1v) is 16.8. The zero-order chi connectivity index (χ0) is 34.3. The molecule has 9 aromatic rings. The van der Waals surface area contributed by atoms with E-state index in [0.717, 1.165) is 61.6 Å². The summed E-state index contributed by atoms with van der Waals surface area (Å²) in [6.07, 6.45) is 0. The fraction of sp³-hybridized carbons (Fsp3) is 0. The molecule has 0 spiro atoms. The van der Waals surface area contributed by atoms with E-state index in [1.807, 2.05) is 60.7 Å². The molecule has 0 bridgehead atoms. The van der Waals surface area contributed by atoms with Gasteiger partial charge >= 0.3 is 0 Å². The van der Waals surface area contributed by atoms with E-state index in [0.29, 0.717) is 11.1 Å². The Morgan fingerprint density at radius 1 is 0.373 bits per heavy atom. The molecule has 9 rings (SSSR count). The van der Waals surface area contributed by atoms with Crippen molar-refractivity contribution in [1.29, 1.82) is 10.5 Å². The van der Waals surface area contributed by atoms with E-state index in [-0.39, 0.29) is 0 Å². The average molecular weight is 652 g/mol. The molecule has 8 aromatic carbocycles. The van der Waals surface area contributed by atoms with Gasteiger partial charge < -0.3 is 14.4 Å². The lowest BCUT2D eigenvalue weighted by Gasteiger charge is -2.28. The lowest BCUT2D eigenvalue weighted by atomic mass is 9.98. The van der Waals surface area contributed by atoms with Crippen LogP contribution in [0, 0.1) is 22.7 Å². The van der Waals surface area contributed by atoms with Crippen LogP contribution in [0.25, 0.3) is 38.3 Å². The molecule has 0 radical (unpaired) electrons. The predicted octanol–water partition coefficient (Wildman–Crippen LogP) is 12.1. The fourth-order valence-electron chi connectivity index (χ4n) is 7.35. The molecule has 5 heteroatoms. The number of nitriles is 2. The first-order valence-electron chi connectivity index (χ1n) is 16.8. The van der Waals surface area contributed by atoms with Crippen LogP contribution in [0.15, 0.2) is 176 Å². The number of benzene rings is 8. The first-order chi connectivity index (χ1) is 25.2. The molecule has 0 aliphatic carbocycles. The molecule has 0 amide bonds. The van der Waals surface area contributed by atoms with E-state index in [1.54, 1.807) is 0 Å². The Labute approximate surface area is 295 Å². The number of hydrogen-bond donors (Lipinski definition) is 0. The number of para-hydroxylation sites is 3. The summed E-state index contributed by atoms with van der Waals surface area (Å²) >= 11 is 0. The van der Waals surface area contributed by atoms with Crippen LogP contribution in [0.5, 0.6) is 0 Å². The van der Waals surface area contributed by atoms with Crippen molar-refractivity contribution in [3.05, 3.63) is 187 Å². The van der Waals surface area contributed by atoms with Gasteiger partial charge in [-0.05, 0) is 109 Å². The van der Waals surface area contributed by atoms with Gasteiger partial charge in [0.2, 0.25) is 0 Å². The molecule has 1 heterocycles. The number of rotatable bonds is 7. The van der Waals surface area contributed by atoms with Gasteiger partial charge in [-0.3, -0.25) is 0 Å². The fourth-order valence-corrected chi connectivity index (χ4v) is 7.35. The van der Waals surface area contributed by atoms with Gasteiger partial charge in [0, 0.05) is 50.0 Å². The largest absolute Gasteiger partial charge is 0.310 e. The average Bonchev–Trinajstić information content (AvgIpc) is 3.55. The maximum atomic E-state index is 9.54. The quantitative estimate of drug-likeness (QED) is 0.161. The van der Waals surface area contributed by atoms with Gasteiger partial charge in [-0.25, -0.2) is 0 Å². The number of hydrogen-bond acceptors (Lipinski definition) is 4. The second kappa shape index (κ2) is 12.3. The van der Waals surface area contributed by atoms with E-state index in [4.69, 9.17) is 0 Å². The molecule has 238 valence electrons. The Balaban J connectivity index is 1.36. The van der Waals surface area contributed by atoms with Crippen molar-refractivity contribution >= 4 is 66.7 Å². The van der Waals surface area contributed by atoms with Crippen molar-refractivity contribution < 1.29 is 0 Å². The van der Waals surface area contributed by atoms with Crippen LogP contribution in [0.4, 0.5) is 34.1 Å². The minimum atomic E-state index is 0.622. The van der Waals surface area contributed by atoms with Gasteiger partial charge in [-0.2, -0.15) is 10.5 Å². The summed E-state index contributed by atoms with van der Waals surface area (Å²) in [5, 5.41) is 23.7. The molecule has 0 fully saturated rings. The highest BCUT2D eigenvalue weighted by atomic mass is 15.2. The highest BCUT2D eigenvalue weighted by molar-refractivity contribution is 6.29. The molecular formula is C46H29N5. The van der Waals surface area contributed by atoms with Crippen LogP contribution >= 0.6 is 0 Å². The molecule has 0 saturated heterocycles. The molecule has 0 N–H and O–H groups in total. The minimum Gasteiger partial charge on any atom is -0.310 e. The van der Waals surface area contributed by atoms with Crippen LogP contribution in [-0.2, 0) is 0 Å². The number of anilines is 6. The van der Waals surface area contributed by atoms with Crippen molar-refractivity contribution in [3.63, 3.8) is 0 Å². The molecule has 5 nitrogen and oxygen atoms in total. The second-order valence-corrected chi connectivity index (χ2v) is 12.4. The predicted molar refractivity (Wildman–Crippen MR) is 208 cm³/mol. The van der Waals surface area contributed by atoms with E-state index >= 15 is 0 Å². The summed E-state index contributed by atoms with van der Waals surface area (Å²) in [5.74, 6) is 0. The smallest absolute Gasteiger partial charge is 0.0991 e. The van der Waals surface area contributed by atoms with Crippen molar-refractivity contribution in [2.24, 2.45) is 0 Å². The van der Waals surface area contributed by atoms with Crippen molar-refractivity contribution in [3.8, 4) is 17.8 Å². The minimum absolute atomic E-state index is 0.622. The van der Waals surface area contributed by atoms with Gasteiger partial charge in [0.15, 0.2) is 0 Å². The Morgan fingerprint density at radius 3 is 1.14 bits per heavy atom. The maximum Gasteiger partial charge on any atom is 0.0991 e. The van der Waals surface area contributed by atoms with E-state index in [2.05, 4.69) is 142 Å². The van der Waals surface area contributed by atoms with Gasteiger partial charge in [0.1, 0.15) is 0 Å². The third-order valence-corrected chi connectivity index (χ3v) is 9.58. The normalized spacial score (nSPS) is 11.1. The third kappa shape index (κ3) is 4.93. The Kier molecular flexibility index (Phi) is 7.17. The number of nitrogens with zero attached hydrogens (tertiary/aromatic N) is 5. The lowest BCUT2D eigenvalue weighted by molar-refractivity contribution is 1.18. The van der Waals surface area contributed by atoms with E-state index < -0.39 is 0 Å². The van der Waals surface area contributed by atoms with Gasteiger partial charge in [-0.1, -0.05) is 66.7 Å². The van der Waals surface area contributed by atoms with Crippen molar-refractivity contribution in [1.82, 2.24) is 4.57 Å². The summed E-state index contributed by atoms with van der Waals surface area (Å²) in [4.78, 5) is 4.54. The van der Waals surface area contributed by atoms with Crippen molar-refractivity contribution in [2.75, 3.05) is 9.80 Å². The number of aromatic nitrogens is 1. The van der Waals surface area contributed by atoms with Crippen LogP contribution in [0.3, 0.4) is 0 Å². The van der Waals surface area contributed by atoms with E-state index in [1.165, 1.54) is 10.8 Å². The summed E-state index contributed by atoms with van der Waals surface area (Å²) < 4.78 is 2.36. The van der Waals surface area contributed by atoms with Gasteiger partial charge in [-0.15, -0.1) is 0 Å². The summed E-state index contributed by atoms with van der Waals surface area (Å²) in [6, 6.07) is 64.7. The summed E-state index contributed by atoms with van der Waals surface area (Å²) in [7, 11) is 0. The topological polar surface area (TPSA) is 59.0 Å². The Hall–Kier alpha value is -7.34. The molecule has 1 aromatic heterocycles. The first kappa shape index (κ1) is 29.8. The molecule has 0 saturated carbocycles. The van der Waals surface area contributed by atoms with Crippen LogP contribution in [0.1, 0.15) is 11.1 Å². The van der Waals surface area contributed by atoms with Gasteiger partial charge in [0.25, 0.3) is 0 Å². The Morgan fingerprint density at radius 2 is 0.745 bits per heavy atom. The Bertz CT molecular complexity index is 2570. The summed E-state index contributed by atoms with van der Waals surface area (Å²) in [5.41, 5.74) is 10.7. The van der Waals surface area contributed by atoms with Crippen molar-refractivity contribution in [2.45, 2.75) is 0 Å². The maximum absolute atomic E-state index is 9.54. The molecule has 0 aliphatic rings. The lowest BCUT2D eigenvalue weighted by Crippen LogP contribution is -2.11. The zero-order valence-corrected chi connectivity index (χ0v) is 27.5. The van der Waals surface area contributed by atoms with E-state index in [9.17, 15) is 10.5 Å². The van der Waals surface area contributed by atoms with Crippen LogP contribution in [-0.4, -0.2) is 4.57 Å². The SMILES string of the molecule is N#Cc1ccc(N(c2ccccc2)c2ccc3c4c2ccc2c(N(c5ccccc5)c5ccc(C#N)cc5)ccc(c24)n3-c2ccccc2)cc1. The molecule has 51 heavy (non-hydrogen) atoms. The third-order valence-electron chi connectivity index (χ3n) is 9.58. The molecule has 0 atom stereocenters. The second-order valence-electron chi connectivity index (χ2n) is 12.4. The summed E-state index contributed by atoms with van der Waals surface area (Å²) in [6.45, 7) is 0. The van der Waals surface area contributed by atoms with Gasteiger partial charge in [0.05, 0.1) is 45.7 Å². The van der Waals surface area contributed by atoms with Crippen LogP contribution < -0.4 is 9.80 Å². The molecular weight excluding hydrogens is 623 g/mol. The monoisotopic (exact) mass is 651 g/mol. The highest BCUT2D eigenvalue weighted by Crippen LogP contribution is 2.49. The van der Waals surface area contributed by atoms with Crippen LogP contribution in [0.2, 0.25) is 0 Å². The molecule has 0 unspecified atom stereocenters. The zero-order valence-electron chi connectivity index (χ0n) is 27.5.